The third-order valence-electron chi connectivity index (χ3n) is 3.72. The fraction of sp³-hybridized carbons (Fsp3) is 0.562. The fourth-order valence-electron chi connectivity index (χ4n) is 2.62. The molecule has 0 spiro atoms. The summed E-state index contributed by atoms with van der Waals surface area (Å²) in [6, 6.07) is 7.68. The monoisotopic (exact) mass is 292 g/mol. The molecule has 5 nitrogen and oxygen atoms in total. The van der Waals surface area contributed by atoms with E-state index in [1.165, 1.54) is 0 Å². The first-order valence-electron chi connectivity index (χ1n) is 7.57. The van der Waals surface area contributed by atoms with Gasteiger partial charge >= 0.3 is 0 Å². The van der Waals surface area contributed by atoms with Gasteiger partial charge in [-0.3, -0.25) is 9.69 Å². The van der Waals surface area contributed by atoms with Gasteiger partial charge in [-0.25, -0.2) is 0 Å². The van der Waals surface area contributed by atoms with Crippen molar-refractivity contribution >= 4 is 5.91 Å². The van der Waals surface area contributed by atoms with Gasteiger partial charge in [-0.05, 0) is 38.4 Å². The van der Waals surface area contributed by atoms with Crippen molar-refractivity contribution in [3.8, 4) is 11.5 Å². The van der Waals surface area contributed by atoms with E-state index in [-0.39, 0.29) is 11.8 Å². The van der Waals surface area contributed by atoms with Gasteiger partial charge in [0.1, 0.15) is 6.61 Å². The molecule has 1 heterocycles. The first-order valence-corrected chi connectivity index (χ1v) is 7.57. The van der Waals surface area contributed by atoms with Crippen LogP contribution in [0.15, 0.2) is 24.3 Å². The Morgan fingerprint density at radius 1 is 1.33 bits per heavy atom. The van der Waals surface area contributed by atoms with Gasteiger partial charge in [0, 0.05) is 13.1 Å². The number of hydrogen-bond acceptors (Lipinski definition) is 4. The highest BCUT2D eigenvalue weighted by Crippen LogP contribution is 2.26. The average molecular weight is 292 g/mol. The highest BCUT2D eigenvalue weighted by molar-refractivity contribution is 5.76. The Labute approximate surface area is 126 Å². The molecule has 0 aromatic heterocycles. The van der Waals surface area contributed by atoms with Crippen molar-refractivity contribution in [2.24, 2.45) is 11.7 Å². The van der Waals surface area contributed by atoms with Crippen molar-refractivity contribution in [1.29, 1.82) is 0 Å². The third-order valence-corrected chi connectivity index (χ3v) is 3.72. The van der Waals surface area contributed by atoms with Crippen molar-refractivity contribution in [3.05, 3.63) is 24.3 Å². The lowest BCUT2D eigenvalue weighted by molar-refractivity contribution is -0.123. The van der Waals surface area contributed by atoms with E-state index in [1.807, 2.05) is 31.2 Å². The highest BCUT2D eigenvalue weighted by atomic mass is 16.5. The van der Waals surface area contributed by atoms with E-state index < -0.39 is 0 Å². The van der Waals surface area contributed by atoms with E-state index in [1.54, 1.807) is 0 Å². The Morgan fingerprint density at radius 3 is 2.71 bits per heavy atom. The first kappa shape index (κ1) is 15.6. The largest absolute Gasteiger partial charge is 0.490 e. The number of piperidine rings is 1. The second-order valence-electron chi connectivity index (χ2n) is 5.27. The molecule has 1 aromatic carbocycles. The molecule has 0 unspecified atom stereocenters. The molecule has 5 heteroatoms. The molecule has 2 N–H and O–H groups in total. The molecule has 0 aliphatic carbocycles. The molecule has 1 aromatic rings. The van der Waals surface area contributed by atoms with Gasteiger partial charge in [0.15, 0.2) is 11.5 Å². The summed E-state index contributed by atoms with van der Waals surface area (Å²) in [6.45, 7) is 5.69. The minimum atomic E-state index is -0.192. The van der Waals surface area contributed by atoms with Gasteiger partial charge in [0.2, 0.25) is 5.91 Å². The molecule has 2 rings (SSSR count). The predicted octanol–water partition coefficient (Wildman–Crippen LogP) is 1.66. The van der Waals surface area contributed by atoms with Crippen LogP contribution in [0.3, 0.4) is 0 Å². The number of nitrogens with zero attached hydrogens (tertiary/aromatic N) is 1. The number of hydrogen-bond donors (Lipinski definition) is 1. The van der Waals surface area contributed by atoms with Gasteiger partial charge in [-0.1, -0.05) is 12.1 Å². The lowest BCUT2D eigenvalue weighted by Crippen LogP contribution is -2.42. The number of rotatable bonds is 7. The Kier molecular flexibility index (Phi) is 5.87. The normalized spacial score (nSPS) is 19.2. The Bertz CT molecular complexity index is 465. The molecular weight excluding hydrogens is 268 g/mol. The SMILES string of the molecule is CCOc1ccccc1OCCN1CCC[C@H](C(N)=O)C1. The van der Waals surface area contributed by atoms with Gasteiger partial charge in [-0.15, -0.1) is 0 Å². The Hall–Kier alpha value is -1.75. The van der Waals surface area contributed by atoms with Crippen LogP contribution in [0.25, 0.3) is 0 Å². The summed E-state index contributed by atoms with van der Waals surface area (Å²) in [6.07, 6.45) is 1.92. The van der Waals surface area contributed by atoms with Crippen LogP contribution in [0, 0.1) is 5.92 Å². The highest BCUT2D eigenvalue weighted by Gasteiger charge is 2.23. The van der Waals surface area contributed by atoms with E-state index in [0.717, 1.165) is 44.0 Å². The number of benzene rings is 1. The maximum atomic E-state index is 11.3. The lowest BCUT2D eigenvalue weighted by Gasteiger charge is -2.30. The van der Waals surface area contributed by atoms with Gasteiger partial charge < -0.3 is 15.2 Å². The molecule has 21 heavy (non-hydrogen) atoms. The maximum absolute atomic E-state index is 11.3. The predicted molar refractivity (Wildman–Crippen MR) is 81.5 cm³/mol. The molecule has 1 saturated heterocycles. The number of primary amides is 1. The maximum Gasteiger partial charge on any atom is 0.221 e. The quantitative estimate of drug-likeness (QED) is 0.830. The van der Waals surface area contributed by atoms with E-state index in [2.05, 4.69) is 4.90 Å². The Morgan fingerprint density at radius 2 is 2.05 bits per heavy atom. The van der Waals surface area contributed by atoms with Crippen LogP contribution >= 0.6 is 0 Å². The fourth-order valence-corrected chi connectivity index (χ4v) is 2.62. The van der Waals surface area contributed by atoms with Crippen LogP contribution in [-0.2, 0) is 4.79 Å². The molecule has 0 bridgehead atoms. The van der Waals surface area contributed by atoms with Crippen LogP contribution in [-0.4, -0.2) is 43.7 Å². The summed E-state index contributed by atoms with van der Waals surface area (Å²) in [5, 5.41) is 0. The summed E-state index contributed by atoms with van der Waals surface area (Å²) in [4.78, 5) is 13.5. The lowest BCUT2D eigenvalue weighted by atomic mass is 9.98. The van der Waals surface area contributed by atoms with Crippen molar-refractivity contribution in [2.75, 3.05) is 32.8 Å². The second-order valence-corrected chi connectivity index (χ2v) is 5.27. The molecule has 0 saturated carbocycles. The number of para-hydroxylation sites is 2. The molecule has 116 valence electrons. The second kappa shape index (κ2) is 7.88. The third kappa shape index (κ3) is 4.63. The standard InChI is InChI=1S/C16H24N2O3/c1-2-20-14-7-3-4-8-15(14)21-11-10-18-9-5-6-13(12-18)16(17)19/h3-4,7-8,13H,2,5-6,9-12H2,1H3,(H2,17,19)/t13-/m0/s1. The summed E-state index contributed by atoms with van der Waals surface area (Å²) in [5.74, 6) is 1.33. The molecule has 1 aliphatic rings. The van der Waals surface area contributed by atoms with E-state index in [9.17, 15) is 4.79 Å². The van der Waals surface area contributed by atoms with Crippen LogP contribution in [0.4, 0.5) is 0 Å². The van der Waals surface area contributed by atoms with E-state index >= 15 is 0 Å². The zero-order valence-corrected chi connectivity index (χ0v) is 12.6. The summed E-state index contributed by atoms with van der Waals surface area (Å²) >= 11 is 0. The van der Waals surface area contributed by atoms with Crippen LogP contribution in [0.2, 0.25) is 0 Å². The molecule has 0 radical (unpaired) electrons. The average Bonchev–Trinajstić information content (AvgIpc) is 2.49. The van der Waals surface area contributed by atoms with Gasteiger partial charge in [0.25, 0.3) is 0 Å². The van der Waals surface area contributed by atoms with E-state index in [4.69, 9.17) is 15.2 Å². The summed E-state index contributed by atoms with van der Waals surface area (Å²) in [7, 11) is 0. The van der Waals surface area contributed by atoms with E-state index in [0.29, 0.717) is 13.2 Å². The summed E-state index contributed by atoms with van der Waals surface area (Å²) < 4.78 is 11.3. The number of ether oxygens (including phenoxy) is 2. The number of carbonyl (C=O) groups is 1. The van der Waals surface area contributed by atoms with Crippen molar-refractivity contribution in [1.82, 2.24) is 4.90 Å². The van der Waals surface area contributed by atoms with Crippen molar-refractivity contribution < 1.29 is 14.3 Å². The first-order chi connectivity index (χ1) is 10.2. The van der Waals surface area contributed by atoms with Crippen LogP contribution in [0.5, 0.6) is 11.5 Å². The minimum absolute atomic E-state index is 0.0190. The van der Waals surface area contributed by atoms with Crippen molar-refractivity contribution in [2.45, 2.75) is 19.8 Å². The van der Waals surface area contributed by atoms with Gasteiger partial charge in [0.05, 0.1) is 12.5 Å². The van der Waals surface area contributed by atoms with Crippen molar-refractivity contribution in [3.63, 3.8) is 0 Å². The van der Waals surface area contributed by atoms with Crippen LogP contribution < -0.4 is 15.2 Å². The topological polar surface area (TPSA) is 64.8 Å². The molecule has 1 fully saturated rings. The number of carbonyl (C=O) groups excluding carboxylic acids is 1. The zero-order valence-electron chi connectivity index (χ0n) is 12.6. The zero-order chi connectivity index (χ0) is 15.1. The molecular formula is C16H24N2O3. The minimum Gasteiger partial charge on any atom is -0.490 e. The Balaban J connectivity index is 1.80. The molecule has 1 amide bonds. The number of amides is 1. The number of likely N-dealkylation sites (tertiary alicyclic amines) is 1. The number of nitrogens with two attached hydrogens (primary N) is 1. The summed E-state index contributed by atoms with van der Waals surface area (Å²) in [5.41, 5.74) is 5.39. The molecule has 1 atom stereocenters. The van der Waals surface area contributed by atoms with Gasteiger partial charge in [-0.2, -0.15) is 0 Å². The smallest absolute Gasteiger partial charge is 0.221 e. The molecule has 1 aliphatic heterocycles. The van der Waals surface area contributed by atoms with Crippen LogP contribution in [0.1, 0.15) is 19.8 Å².